The van der Waals surface area contributed by atoms with Crippen LogP contribution in [0, 0.1) is 19.7 Å². The summed E-state index contributed by atoms with van der Waals surface area (Å²) in [4.78, 5) is 25.5. The lowest BCUT2D eigenvalue weighted by Gasteiger charge is -2.21. The van der Waals surface area contributed by atoms with E-state index in [1.807, 2.05) is 32.0 Å². The Bertz CT molecular complexity index is 789. The Morgan fingerprint density at radius 3 is 2.42 bits per heavy atom. The molecule has 0 aliphatic rings. The van der Waals surface area contributed by atoms with Gasteiger partial charge in [0.1, 0.15) is 5.82 Å². The molecule has 2 rings (SSSR count). The van der Waals surface area contributed by atoms with Crippen LogP contribution in [-0.4, -0.2) is 29.8 Å². The van der Waals surface area contributed by atoms with E-state index in [0.717, 1.165) is 11.3 Å². The number of hydrogen-bond donors (Lipinski definition) is 1. The maximum Gasteiger partial charge on any atom is 0.226 e. The average molecular weight is 356 g/mol. The van der Waals surface area contributed by atoms with Gasteiger partial charge in [-0.3, -0.25) is 9.59 Å². The van der Waals surface area contributed by atoms with E-state index >= 15 is 0 Å². The van der Waals surface area contributed by atoms with E-state index < -0.39 is 0 Å². The predicted molar refractivity (Wildman–Crippen MR) is 102 cm³/mol. The summed E-state index contributed by atoms with van der Waals surface area (Å²) in [7, 11) is 0. The number of carbonyl (C=O) groups excluding carboxylic acids is 2. The average Bonchev–Trinajstić information content (AvgIpc) is 2.59. The van der Waals surface area contributed by atoms with Gasteiger partial charge in [-0.2, -0.15) is 0 Å². The van der Waals surface area contributed by atoms with Crippen molar-refractivity contribution in [1.29, 1.82) is 0 Å². The quantitative estimate of drug-likeness (QED) is 0.819. The van der Waals surface area contributed by atoms with Crippen LogP contribution in [0.25, 0.3) is 0 Å². The molecule has 0 saturated carbocycles. The second-order valence-electron chi connectivity index (χ2n) is 6.44. The van der Waals surface area contributed by atoms with Crippen LogP contribution < -0.4 is 5.32 Å². The molecule has 0 aromatic heterocycles. The van der Waals surface area contributed by atoms with Crippen LogP contribution in [0.15, 0.2) is 42.5 Å². The number of halogens is 1. The number of amides is 2. The highest BCUT2D eigenvalue weighted by Gasteiger charge is 2.13. The van der Waals surface area contributed by atoms with E-state index in [1.54, 1.807) is 23.1 Å². The molecule has 0 atom stereocenters. The first-order valence-electron chi connectivity index (χ1n) is 8.73. The molecule has 2 aromatic carbocycles. The minimum atomic E-state index is -0.275. The maximum absolute atomic E-state index is 13.7. The second kappa shape index (κ2) is 9.13. The molecule has 5 heteroatoms. The third-order valence-electron chi connectivity index (χ3n) is 4.45. The van der Waals surface area contributed by atoms with Crippen LogP contribution >= 0.6 is 0 Å². The number of rotatable bonds is 7. The van der Waals surface area contributed by atoms with E-state index in [4.69, 9.17) is 0 Å². The monoisotopic (exact) mass is 356 g/mol. The normalized spacial score (nSPS) is 10.5. The number of hydrogen-bond acceptors (Lipinski definition) is 2. The van der Waals surface area contributed by atoms with Gasteiger partial charge >= 0.3 is 0 Å². The minimum absolute atomic E-state index is 0.125. The summed E-state index contributed by atoms with van der Waals surface area (Å²) in [6, 6.07) is 12.3. The lowest BCUT2D eigenvalue weighted by atomic mass is 10.1. The number of aryl methyl sites for hydroxylation is 2. The van der Waals surface area contributed by atoms with E-state index in [1.165, 1.54) is 18.6 Å². The van der Waals surface area contributed by atoms with Crippen LogP contribution in [0.5, 0.6) is 0 Å². The standard InChI is InChI=1S/C21H25FN2O2/c1-15-8-9-19(14-16(15)2)23-21(26)11-13-24(17(3)25)12-10-18-6-4-5-7-20(18)22/h4-9,14H,10-13H2,1-3H3,(H,23,26). The Hall–Kier alpha value is -2.69. The molecule has 0 heterocycles. The zero-order valence-electron chi connectivity index (χ0n) is 15.5. The van der Waals surface area contributed by atoms with Crippen molar-refractivity contribution >= 4 is 17.5 Å². The third kappa shape index (κ3) is 5.69. The first-order valence-corrected chi connectivity index (χ1v) is 8.73. The Morgan fingerprint density at radius 2 is 1.77 bits per heavy atom. The number of nitrogens with zero attached hydrogens (tertiary/aromatic N) is 1. The Labute approximate surface area is 154 Å². The summed E-state index contributed by atoms with van der Waals surface area (Å²) < 4.78 is 13.7. The lowest BCUT2D eigenvalue weighted by Crippen LogP contribution is -2.33. The minimum Gasteiger partial charge on any atom is -0.342 e. The molecule has 0 spiro atoms. The van der Waals surface area contributed by atoms with Crippen molar-refractivity contribution in [3.05, 3.63) is 65.0 Å². The first-order chi connectivity index (χ1) is 12.4. The lowest BCUT2D eigenvalue weighted by molar-refractivity contribution is -0.129. The first kappa shape index (κ1) is 19.6. The van der Waals surface area contributed by atoms with Crippen molar-refractivity contribution < 1.29 is 14.0 Å². The Kier molecular flexibility index (Phi) is 6.89. The molecule has 0 aliphatic heterocycles. The van der Waals surface area contributed by atoms with Crippen LogP contribution in [0.3, 0.4) is 0 Å². The molecule has 4 nitrogen and oxygen atoms in total. The van der Waals surface area contributed by atoms with Gasteiger partial charge in [0, 0.05) is 32.1 Å². The number of carbonyl (C=O) groups is 2. The summed E-state index contributed by atoms with van der Waals surface area (Å²) >= 11 is 0. The molecular weight excluding hydrogens is 331 g/mol. The molecule has 0 bridgehead atoms. The van der Waals surface area contributed by atoms with Gasteiger partial charge in [-0.25, -0.2) is 4.39 Å². The maximum atomic E-state index is 13.7. The van der Waals surface area contributed by atoms with Crippen molar-refractivity contribution in [3.8, 4) is 0 Å². The molecule has 1 N–H and O–H groups in total. The zero-order chi connectivity index (χ0) is 19.1. The number of benzene rings is 2. The second-order valence-corrected chi connectivity index (χ2v) is 6.44. The fourth-order valence-corrected chi connectivity index (χ4v) is 2.66. The van der Waals surface area contributed by atoms with Gasteiger partial charge in [0.25, 0.3) is 0 Å². The summed E-state index contributed by atoms with van der Waals surface area (Å²) in [5, 5.41) is 2.85. The topological polar surface area (TPSA) is 49.4 Å². The van der Waals surface area contributed by atoms with Gasteiger partial charge < -0.3 is 10.2 Å². The van der Waals surface area contributed by atoms with E-state index in [9.17, 15) is 14.0 Å². The molecule has 2 aromatic rings. The largest absolute Gasteiger partial charge is 0.342 e. The number of anilines is 1. The molecule has 0 unspecified atom stereocenters. The van der Waals surface area contributed by atoms with Gasteiger partial charge in [0.15, 0.2) is 0 Å². The summed E-state index contributed by atoms with van der Waals surface area (Å²) in [6.07, 6.45) is 0.620. The fourth-order valence-electron chi connectivity index (χ4n) is 2.66. The highest BCUT2D eigenvalue weighted by atomic mass is 19.1. The highest BCUT2D eigenvalue weighted by Crippen LogP contribution is 2.14. The van der Waals surface area contributed by atoms with Crippen molar-refractivity contribution in [3.63, 3.8) is 0 Å². The van der Waals surface area contributed by atoms with Crippen LogP contribution in [0.1, 0.15) is 30.0 Å². The van der Waals surface area contributed by atoms with Crippen molar-refractivity contribution in [2.24, 2.45) is 0 Å². The van der Waals surface area contributed by atoms with Crippen LogP contribution in [0.2, 0.25) is 0 Å². The summed E-state index contributed by atoms with van der Waals surface area (Å²) in [6.45, 7) is 6.16. The Morgan fingerprint density at radius 1 is 1.04 bits per heavy atom. The zero-order valence-corrected chi connectivity index (χ0v) is 15.5. The Balaban J connectivity index is 1.87. The van der Waals surface area contributed by atoms with Gasteiger partial charge in [-0.1, -0.05) is 24.3 Å². The van der Waals surface area contributed by atoms with Crippen LogP contribution in [0.4, 0.5) is 10.1 Å². The van der Waals surface area contributed by atoms with Gasteiger partial charge in [-0.05, 0) is 55.2 Å². The van der Waals surface area contributed by atoms with E-state index in [0.29, 0.717) is 25.1 Å². The summed E-state index contributed by atoms with van der Waals surface area (Å²) in [5.74, 6) is -0.547. The number of nitrogens with one attached hydrogen (secondary N) is 1. The molecule has 2 amide bonds. The van der Waals surface area contributed by atoms with E-state index in [2.05, 4.69) is 5.32 Å². The predicted octanol–water partition coefficient (Wildman–Crippen LogP) is 3.86. The smallest absolute Gasteiger partial charge is 0.226 e. The van der Waals surface area contributed by atoms with Gasteiger partial charge in [0.2, 0.25) is 11.8 Å². The molecule has 26 heavy (non-hydrogen) atoms. The molecule has 138 valence electrons. The van der Waals surface area contributed by atoms with Crippen molar-refractivity contribution in [2.45, 2.75) is 33.6 Å². The molecule has 0 aliphatic carbocycles. The van der Waals surface area contributed by atoms with Gasteiger partial charge in [-0.15, -0.1) is 0 Å². The van der Waals surface area contributed by atoms with Crippen LogP contribution in [-0.2, 0) is 16.0 Å². The molecule has 0 radical (unpaired) electrons. The third-order valence-corrected chi connectivity index (χ3v) is 4.45. The fraction of sp³-hybridized carbons (Fsp3) is 0.333. The highest BCUT2D eigenvalue weighted by molar-refractivity contribution is 5.91. The van der Waals surface area contributed by atoms with Crippen molar-refractivity contribution in [2.75, 3.05) is 18.4 Å². The molecular formula is C21H25FN2O2. The summed E-state index contributed by atoms with van der Waals surface area (Å²) in [5.41, 5.74) is 3.59. The van der Waals surface area contributed by atoms with Gasteiger partial charge in [0.05, 0.1) is 0 Å². The molecule has 0 saturated heterocycles. The SMILES string of the molecule is CC(=O)N(CCC(=O)Nc1ccc(C)c(C)c1)CCc1ccccc1F. The van der Waals surface area contributed by atoms with Crippen molar-refractivity contribution in [1.82, 2.24) is 4.90 Å². The molecule has 0 fully saturated rings. The van der Waals surface area contributed by atoms with E-state index in [-0.39, 0.29) is 24.1 Å².